The maximum Gasteiger partial charge on any atom is 0.410 e. The lowest BCUT2D eigenvalue weighted by molar-refractivity contribution is 0.0221. The van der Waals surface area contributed by atoms with Gasteiger partial charge in [0.2, 0.25) is 0 Å². The first kappa shape index (κ1) is 18.9. The average molecular weight is 370 g/mol. The molecular weight excluding hydrogens is 344 g/mol. The van der Waals surface area contributed by atoms with Crippen LogP contribution in [-0.4, -0.2) is 39.2 Å². The number of ether oxygens (including phenoxy) is 1. The second-order valence-corrected chi connectivity index (χ2v) is 7.85. The van der Waals surface area contributed by atoms with Crippen LogP contribution in [0.25, 0.3) is 0 Å². The lowest BCUT2D eigenvalue weighted by Gasteiger charge is -2.29. The first-order valence-electron chi connectivity index (χ1n) is 9.11. The Morgan fingerprint density at radius 2 is 1.96 bits per heavy atom. The zero-order valence-electron chi connectivity index (χ0n) is 16.3. The summed E-state index contributed by atoms with van der Waals surface area (Å²) in [5.74, 6) is -0.209. The van der Waals surface area contributed by atoms with E-state index in [9.17, 15) is 9.59 Å². The number of amides is 2. The van der Waals surface area contributed by atoms with E-state index in [1.54, 1.807) is 4.90 Å². The number of carbonyl (C=O) groups excluding carboxylic acids is 2. The molecule has 2 N–H and O–H groups in total. The predicted octanol–water partition coefficient (Wildman–Crippen LogP) is 2.94. The fourth-order valence-corrected chi connectivity index (χ4v) is 2.96. The van der Waals surface area contributed by atoms with Crippen molar-refractivity contribution in [1.29, 1.82) is 0 Å². The Balaban J connectivity index is 1.63. The van der Waals surface area contributed by atoms with Gasteiger partial charge in [-0.15, -0.1) is 0 Å². The van der Waals surface area contributed by atoms with Gasteiger partial charge in [0.15, 0.2) is 5.69 Å². The summed E-state index contributed by atoms with van der Waals surface area (Å²) in [6.45, 7) is 8.86. The molecule has 0 unspecified atom stereocenters. The van der Waals surface area contributed by atoms with E-state index in [-0.39, 0.29) is 12.0 Å². The van der Waals surface area contributed by atoms with Gasteiger partial charge in [-0.25, -0.2) is 4.79 Å². The molecule has 1 aliphatic rings. The fraction of sp³-hybridized carbons (Fsp3) is 0.450. The van der Waals surface area contributed by atoms with E-state index in [0.29, 0.717) is 31.7 Å². The molecule has 0 aliphatic carbocycles. The van der Waals surface area contributed by atoms with E-state index in [2.05, 4.69) is 15.5 Å². The molecule has 3 rings (SSSR count). The molecule has 1 aromatic carbocycles. The van der Waals surface area contributed by atoms with Crippen LogP contribution >= 0.6 is 0 Å². The lowest BCUT2D eigenvalue weighted by atomic mass is 10.0. The molecule has 0 radical (unpaired) electrons. The van der Waals surface area contributed by atoms with E-state index in [1.165, 1.54) is 5.56 Å². The summed E-state index contributed by atoms with van der Waals surface area (Å²) in [5.41, 5.74) is 3.74. The fourth-order valence-electron chi connectivity index (χ4n) is 2.96. The normalized spacial score (nSPS) is 13.9. The maximum absolute atomic E-state index is 12.5. The van der Waals surface area contributed by atoms with Gasteiger partial charge >= 0.3 is 6.09 Å². The number of hydrogen-bond donors (Lipinski definition) is 2. The highest BCUT2D eigenvalue weighted by Gasteiger charge is 2.29. The monoisotopic (exact) mass is 370 g/mol. The van der Waals surface area contributed by atoms with Gasteiger partial charge < -0.3 is 15.0 Å². The molecule has 0 atom stereocenters. The Morgan fingerprint density at radius 3 is 2.63 bits per heavy atom. The standard InChI is InChI=1S/C20H26N4O3/c1-13-5-7-14(8-6-13)11-21-18(25)17-15-9-10-24(12-16(15)22-23-17)19(26)27-20(2,3)4/h5-8H,9-12H2,1-4H3,(H,21,25)(H,22,23). The van der Waals surface area contributed by atoms with Crippen molar-refractivity contribution in [3.05, 3.63) is 52.3 Å². The van der Waals surface area contributed by atoms with Gasteiger partial charge in [-0.1, -0.05) is 29.8 Å². The van der Waals surface area contributed by atoms with Crippen molar-refractivity contribution < 1.29 is 14.3 Å². The minimum atomic E-state index is -0.535. The third-order valence-electron chi connectivity index (χ3n) is 4.37. The number of aromatic nitrogens is 2. The summed E-state index contributed by atoms with van der Waals surface area (Å²) in [4.78, 5) is 26.4. The van der Waals surface area contributed by atoms with Crippen molar-refractivity contribution in [2.24, 2.45) is 0 Å². The molecule has 2 heterocycles. The summed E-state index contributed by atoms with van der Waals surface area (Å²) < 4.78 is 5.42. The third kappa shape index (κ3) is 4.67. The zero-order chi connectivity index (χ0) is 19.6. The van der Waals surface area contributed by atoms with Crippen LogP contribution in [0.5, 0.6) is 0 Å². The number of carbonyl (C=O) groups is 2. The molecule has 27 heavy (non-hydrogen) atoms. The van der Waals surface area contributed by atoms with Crippen LogP contribution in [0.3, 0.4) is 0 Å². The highest BCUT2D eigenvalue weighted by Crippen LogP contribution is 2.22. The van der Waals surface area contributed by atoms with Crippen molar-refractivity contribution in [3.8, 4) is 0 Å². The average Bonchev–Trinajstić information content (AvgIpc) is 3.02. The minimum absolute atomic E-state index is 0.209. The Bertz CT molecular complexity index is 834. The summed E-state index contributed by atoms with van der Waals surface area (Å²) in [5, 5.41) is 9.99. The van der Waals surface area contributed by atoms with Crippen molar-refractivity contribution in [1.82, 2.24) is 20.4 Å². The van der Waals surface area contributed by atoms with E-state index < -0.39 is 5.60 Å². The van der Waals surface area contributed by atoms with Crippen LogP contribution in [0.15, 0.2) is 24.3 Å². The van der Waals surface area contributed by atoms with Crippen molar-refractivity contribution >= 4 is 12.0 Å². The molecule has 2 amide bonds. The molecule has 144 valence electrons. The van der Waals surface area contributed by atoms with Gasteiger partial charge in [0, 0.05) is 18.7 Å². The van der Waals surface area contributed by atoms with Gasteiger partial charge in [0.05, 0.1) is 12.2 Å². The van der Waals surface area contributed by atoms with Crippen LogP contribution in [0.1, 0.15) is 53.6 Å². The summed E-state index contributed by atoms with van der Waals surface area (Å²) in [7, 11) is 0. The van der Waals surface area contributed by atoms with E-state index in [1.807, 2.05) is 52.0 Å². The molecule has 0 saturated heterocycles. The molecule has 1 aromatic heterocycles. The smallest absolute Gasteiger partial charge is 0.410 e. The summed E-state index contributed by atoms with van der Waals surface area (Å²) in [6.07, 6.45) is 0.214. The number of H-pyrrole nitrogens is 1. The van der Waals surface area contributed by atoms with E-state index in [4.69, 9.17) is 4.74 Å². The van der Waals surface area contributed by atoms with Crippen LogP contribution in [0.4, 0.5) is 4.79 Å². The number of aryl methyl sites for hydroxylation is 1. The number of benzene rings is 1. The second kappa shape index (κ2) is 7.42. The first-order chi connectivity index (χ1) is 12.7. The molecule has 0 spiro atoms. The van der Waals surface area contributed by atoms with Crippen LogP contribution in [0.2, 0.25) is 0 Å². The molecule has 0 fully saturated rings. The maximum atomic E-state index is 12.5. The third-order valence-corrected chi connectivity index (χ3v) is 4.37. The van der Waals surface area contributed by atoms with E-state index in [0.717, 1.165) is 16.8 Å². The highest BCUT2D eigenvalue weighted by atomic mass is 16.6. The molecular formula is C20H26N4O3. The van der Waals surface area contributed by atoms with E-state index >= 15 is 0 Å². The Hall–Kier alpha value is -2.83. The van der Waals surface area contributed by atoms with Crippen molar-refractivity contribution in [2.75, 3.05) is 6.54 Å². The summed E-state index contributed by atoms with van der Waals surface area (Å²) >= 11 is 0. The SMILES string of the molecule is Cc1ccc(CNC(=O)c2n[nH]c3c2CCN(C(=O)OC(C)(C)C)C3)cc1. The number of aromatic amines is 1. The number of nitrogens with zero attached hydrogens (tertiary/aromatic N) is 2. The van der Waals surface area contributed by atoms with Crippen LogP contribution < -0.4 is 5.32 Å². The molecule has 0 saturated carbocycles. The van der Waals surface area contributed by atoms with Gasteiger partial charge in [-0.2, -0.15) is 5.10 Å². The van der Waals surface area contributed by atoms with Gasteiger partial charge in [-0.05, 0) is 39.7 Å². The van der Waals surface area contributed by atoms with Gasteiger partial charge in [-0.3, -0.25) is 9.89 Å². The quantitative estimate of drug-likeness (QED) is 0.870. The molecule has 7 nitrogen and oxygen atoms in total. The largest absolute Gasteiger partial charge is 0.444 e. The first-order valence-corrected chi connectivity index (χ1v) is 9.11. The number of fused-ring (bicyclic) bond motifs is 1. The van der Waals surface area contributed by atoms with Gasteiger partial charge in [0.25, 0.3) is 5.91 Å². The number of hydrogen-bond acceptors (Lipinski definition) is 4. The Labute approximate surface area is 159 Å². The molecule has 0 bridgehead atoms. The van der Waals surface area contributed by atoms with Gasteiger partial charge in [0.1, 0.15) is 5.60 Å². The van der Waals surface area contributed by atoms with Crippen LogP contribution in [-0.2, 0) is 24.2 Å². The molecule has 7 heteroatoms. The number of nitrogens with one attached hydrogen (secondary N) is 2. The zero-order valence-corrected chi connectivity index (χ0v) is 16.3. The van der Waals surface area contributed by atoms with Crippen LogP contribution in [0, 0.1) is 6.92 Å². The second-order valence-electron chi connectivity index (χ2n) is 7.85. The lowest BCUT2D eigenvalue weighted by Crippen LogP contribution is -2.40. The summed E-state index contributed by atoms with van der Waals surface area (Å²) in [6, 6.07) is 8.02. The Morgan fingerprint density at radius 1 is 1.26 bits per heavy atom. The Kier molecular flexibility index (Phi) is 5.21. The molecule has 1 aliphatic heterocycles. The molecule has 2 aromatic rings. The minimum Gasteiger partial charge on any atom is -0.444 e. The highest BCUT2D eigenvalue weighted by molar-refractivity contribution is 5.94. The predicted molar refractivity (Wildman–Crippen MR) is 101 cm³/mol. The van der Waals surface area contributed by atoms with Crippen molar-refractivity contribution in [3.63, 3.8) is 0 Å². The van der Waals surface area contributed by atoms with Crippen molar-refractivity contribution in [2.45, 2.75) is 52.8 Å². The number of rotatable bonds is 3. The topological polar surface area (TPSA) is 87.3 Å².